The number of furan rings is 1. The topological polar surface area (TPSA) is 16.4 Å². The molecule has 2 heterocycles. The first-order chi connectivity index (χ1) is 9.31. The molecule has 0 bridgehead atoms. The van der Waals surface area contributed by atoms with Crippen LogP contribution in [0.3, 0.4) is 0 Å². The van der Waals surface area contributed by atoms with Crippen molar-refractivity contribution in [1.29, 1.82) is 0 Å². The first-order valence-electron chi connectivity index (χ1n) is 7.51. The zero-order valence-electron chi connectivity index (χ0n) is 11.8. The van der Waals surface area contributed by atoms with E-state index in [1.165, 1.54) is 44.3 Å². The number of hydrogen-bond acceptors (Lipinski definition) is 2. The maximum absolute atomic E-state index is 5.86. The zero-order chi connectivity index (χ0) is 13.1. The third kappa shape index (κ3) is 3.19. The lowest BCUT2D eigenvalue weighted by molar-refractivity contribution is 0.190. The fourth-order valence-corrected chi connectivity index (χ4v) is 2.92. The van der Waals surface area contributed by atoms with Crippen LogP contribution in [0.5, 0.6) is 0 Å². The Balaban J connectivity index is 1.49. The smallest absolute Gasteiger partial charge is 0.134 e. The van der Waals surface area contributed by atoms with Crippen LogP contribution < -0.4 is 0 Å². The summed E-state index contributed by atoms with van der Waals surface area (Å²) in [6.07, 6.45) is 4.99. The van der Waals surface area contributed by atoms with E-state index >= 15 is 0 Å². The number of rotatable bonds is 4. The first kappa shape index (κ1) is 12.7. The molecule has 1 fully saturated rings. The number of para-hydroxylation sites is 1. The Labute approximate surface area is 115 Å². The van der Waals surface area contributed by atoms with Crippen LogP contribution in [-0.4, -0.2) is 24.5 Å². The molecule has 1 saturated heterocycles. The van der Waals surface area contributed by atoms with Crippen LogP contribution in [-0.2, 0) is 6.42 Å². The molecular formula is C17H23NO. The summed E-state index contributed by atoms with van der Waals surface area (Å²) in [5.41, 5.74) is 1.02. The van der Waals surface area contributed by atoms with Crippen LogP contribution >= 0.6 is 0 Å². The van der Waals surface area contributed by atoms with E-state index < -0.39 is 0 Å². The Hall–Kier alpha value is -1.28. The Morgan fingerprint density at radius 2 is 2.00 bits per heavy atom. The van der Waals surface area contributed by atoms with Gasteiger partial charge in [-0.1, -0.05) is 25.1 Å². The molecule has 0 radical (unpaired) electrons. The fourth-order valence-electron chi connectivity index (χ4n) is 2.92. The molecule has 0 aliphatic carbocycles. The average Bonchev–Trinajstić information content (AvgIpc) is 2.83. The molecule has 1 aliphatic heterocycles. The lowest BCUT2D eigenvalue weighted by Crippen LogP contribution is -2.33. The van der Waals surface area contributed by atoms with E-state index in [9.17, 15) is 0 Å². The predicted octanol–water partition coefficient (Wildman–Crippen LogP) is 4.10. The molecule has 19 heavy (non-hydrogen) atoms. The van der Waals surface area contributed by atoms with Gasteiger partial charge < -0.3 is 9.32 Å². The van der Waals surface area contributed by atoms with Crippen molar-refractivity contribution in [2.45, 2.75) is 32.6 Å². The summed E-state index contributed by atoms with van der Waals surface area (Å²) in [5, 5.41) is 1.23. The lowest BCUT2D eigenvalue weighted by atomic mass is 9.99. The van der Waals surface area contributed by atoms with Gasteiger partial charge in [0.05, 0.1) is 0 Å². The number of aryl methyl sites for hydroxylation is 1. The van der Waals surface area contributed by atoms with Crippen molar-refractivity contribution in [3.05, 3.63) is 36.1 Å². The summed E-state index contributed by atoms with van der Waals surface area (Å²) in [6, 6.07) is 10.5. The van der Waals surface area contributed by atoms with Gasteiger partial charge >= 0.3 is 0 Å². The van der Waals surface area contributed by atoms with Gasteiger partial charge in [-0.25, -0.2) is 0 Å². The number of nitrogens with zero attached hydrogens (tertiary/aromatic N) is 1. The molecule has 0 saturated carbocycles. The molecule has 0 amide bonds. The third-order valence-corrected chi connectivity index (χ3v) is 4.25. The zero-order valence-corrected chi connectivity index (χ0v) is 11.8. The van der Waals surface area contributed by atoms with Gasteiger partial charge in [-0.05, 0) is 56.9 Å². The van der Waals surface area contributed by atoms with E-state index in [4.69, 9.17) is 4.42 Å². The Bertz CT molecular complexity index is 490. The molecule has 1 aromatic heterocycles. The minimum Gasteiger partial charge on any atom is -0.461 e. The van der Waals surface area contributed by atoms with Crippen molar-refractivity contribution in [2.24, 2.45) is 5.92 Å². The minimum atomic E-state index is 0.923. The molecule has 2 nitrogen and oxygen atoms in total. The second-order valence-corrected chi connectivity index (χ2v) is 5.88. The molecule has 1 aliphatic rings. The summed E-state index contributed by atoms with van der Waals surface area (Å²) in [7, 11) is 0. The summed E-state index contributed by atoms with van der Waals surface area (Å²) >= 11 is 0. The van der Waals surface area contributed by atoms with Gasteiger partial charge in [-0.15, -0.1) is 0 Å². The molecule has 0 atom stereocenters. The summed E-state index contributed by atoms with van der Waals surface area (Å²) in [6.45, 7) is 6.14. The van der Waals surface area contributed by atoms with Crippen LogP contribution in [0.15, 0.2) is 34.7 Å². The Kier molecular flexibility index (Phi) is 3.88. The first-order valence-corrected chi connectivity index (χ1v) is 7.51. The molecule has 102 valence electrons. The third-order valence-electron chi connectivity index (χ3n) is 4.25. The van der Waals surface area contributed by atoms with Gasteiger partial charge in [0.15, 0.2) is 0 Å². The van der Waals surface area contributed by atoms with Gasteiger partial charge in [-0.3, -0.25) is 0 Å². The van der Waals surface area contributed by atoms with E-state index in [1.807, 2.05) is 12.1 Å². The number of fused-ring (bicyclic) bond motifs is 1. The van der Waals surface area contributed by atoms with Crippen molar-refractivity contribution in [2.75, 3.05) is 19.6 Å². The quantitative estimate of drug-likeness (QED) is 0.820. The van der Waals surface area contributed by atoms with Crippen molar-refractivity contribution >= 4 is 11.0 Å². The lowest BCUT2D eigenvalue weighted by Gasteiger charge is -2.29. The van der Waals surface area contributed by atoms with E-state index in [0.29, 0.717) is 0 Å². The molecule has 1 aromatic carbocycles. The summed E-state index contributed by atoms with van der Waals surface area (Å²) in [5.74, 6) is 2.05. The largest absolute Gasteiger partial charge is 0.461 e. The number of benzene rings is 1. The molecular weight excluding hydrogens is 234 g/mol. The molecule has 2 heteroatoms. The van der Waals surface area contributed by atoms with Gasteiger partial charge in [-0.2, -0.15) is 0 Å². The summed E-state index contributed by atoms with van der Waals surface area (Å²) < 4.78 is 5.86. The molecule has 3 rings (SSSR count). The molecule has 0 spiro atoms. The summed E-state index contributed by atoms with van der Waals surface area (Å²) in [4.78, 5) is 2.60. The van der Waals surface area contributed by atoms with E-state index in [1.54, 1.807) is 0 Å². The van der Waals surface area contributed by atoms with Gasteiger partial charge in [0, 0.05) is 11.8 Å². The highest BCUT2D eigenvalue weighted by Crippen LogP contribution is 2.20. The van der Waals surface area contributed by atoms with Crippen LogP contribution in [0.2, 0.25) is 0 Å². The monoisotopic (exact) mass is 257 g/mol. The van der Waals surface area contributed by atoms with E-state index in [0.717, 1.165) is 23.7 Å². The predicted molar refractivity (Wildman–Crippen MR) is 79.4 cm³/mol. The second kappa shape index (κ2) is 5.79. The number of piperidine rings is 1. The van der Waals surface area contributed by atoms with Gasteiger partial charge in [0.25, 0.3) is 0 Å². The number of likely N-dealkylation sites (tertiary alicyclic amines) is 1. The Morgan fingerprint density at radius 1 is 1.21 bits per heavy atom. The van der Waals surface area contributed by atoms with Crippen molar-refractivity contribution in [1.82, 2.24) is 4.90 Å². The van der Waals surface area contributed by atoms with Crippen molar-refractivity contribution in [3.8, 4) is 0 Å². The SMILES string of the molecule is CC1CCN(CCCc2cc3ccccc3o2)CC1. The van der Waals surface area contributed by atoms with E-state index in [-0.39, 0.29) is 0 Å². The van der Waals surface area contributed by atoms with Gasteiger partial charge in [0.1, 0.15) is 11.3 Å². The highest BCUT2D eigenvalue weighted by atomic mass is 16.3. The van der Waals surface area contributed by atoms with Crippen LogP contribution in [0, 0.1) is 5.92 Å². The average molecular weight is 257 g/mol. The van der Waals surface area contributed by atoms with Crippen LogP contribution in [0.1, 0.15) is 31.9 Å². The van der Waals surface area contributed by atoms with Crippen molar-refractivity contribution < 1.29 is 4.42 Å². The maximum Gasteiger partial charge on any atom is 0.134 e. The highest BCUT2D eigenvalue weighted by molar-refractivity contribution is 5.77. The minimum absolute atomic E-state index is 0.923. The molecule has 0 N–H and O–H groups in total. The second-order valence-electron chi connectivity index (χ2n) is 5.88. The van der Waals surface area contributed by atoms with Gasteiger partial charge in [0.2, 0.25) is 0 Å². The highest BCUT2D eigenvalue weighted by Gasteiger charge is 2.15. The van der Waals surface area contributed by atoms with Crippen LogP contribution in [0.25, 0.3) is 11.0 Å². The fraction of sp³-hybridized carbons (Fsp3) is 0.529. The standard InChI is InChI=1S/C17H23NO/c1-14-8-11-18(12-9-14)10-4-6-16-13-15-5-2-3-7-17(15)19-16/h2-3,5,7,13-14H,4,6,8-12H2,1H3. The normalized spacial score (nSPS) is 18.2. The number of hydrogen-bond donors (Lipinski definition) is 0. The van der Waals surface area contributed by atoms with Crippen molar-refractivity contribution in [3.63, 3.8) is 0 Å². The maximum atomic E-state index is 5.86. The molecule has 2 aromatic rings. The van der Waals surface area contributed by atoms with E-state index in [2.05, 4.69) is 30.0 Å². The Morgan fingerprint density at radius 3 is 2.79 bits per heavy atom. The van der Waals surface area contributed by atoms with Crippen LogP contribution in [0.4, 0.5) is 0 Å². The molecule has 0 unspecified atom stereocenters.